The Morgan fingerprint density at radius 1 is 1.45 bits per heavy atom. The number of para-hydroxylation sites is 1. The highest BCUT2D eigenvalue weighted by Crippen LogP contribution is 2.39. The number of benzene rings is 1. The van der Waals surface area contributed by atoms with Gasteiger partial charge in [-0.1, -0.05) is 30.6 Å². The second-order valence-electron chi connectivity index (χ2n) is 4.75. The van der Waals surface area contributed by atoms with Crippen LogP contribution in [-0.4, -0.2) is 15.9 Å². The summed E-state index contributed by atoms with van der Waals surface area (Å²) >= 11 is 1.74. The predicted molar refractivity (Wildman–Crippen MR) is 76.7 cm³/mol. The van der Waals surface area contributed by atoms with Crippen molar-refractivity contribution in [3.8, 4) is 5.75 Å². The Kier molecular flexibility index (Phi) is 3.93. The number of hydrogen-bond donors (Lipinski definition) is 1. The van der Waals surface area contributed by atoms with E-state index in [0.717, 1.165) is 29.2 Å². The van der Waals surface area contributed by atoms with Gasteiger partial charge in [0.25, 0.3) is 0 Å². The van der Waals surface area contributed by atoms with Crippen LogP contribution in [0.2, 0.25) is 0 Å². The topological polar surface area (TPSA) is 74.2 Å². The van der Waals surface area contributed by atoms with Crippen molar-refractivity contribution >= 4 is 11.8 Å². The highest BCUT2D eigenvalue weighted by Gasteiger charge is 2.27. The maximum absolute atomic E-state index is 5.98. The molecular formula is C14H17N3O2S. The van der Waals surface area contributed by atoms with Crippen molar-refractivity contribution in [2.24, 2.45) is 5.73 Å². The van der Waals surface area contributed by atoms with Gasteiger partial charge < -0.3 is 15.0 Å². The monoisotopic (exact) mass is 291 g/mol. The van der Waals surface area contributed by atoms with Crippen molar-refractivity contribution in [3.63, 3.8) is 0 Å². The molecule has 0 bridgehead atoms. The molecule has 0 aliphatic carbocycles. The van der Waals surface area contributed by atoms with Crippen LogP contribution in [0, 0.1) is 0 Å². The van der Waals surface area contributed by atoms with Crippen LogP contribution in [0.25, 0.3) is 0 Å². The van der Waals surface area contributed by atoms with Crippen molar-refractivity contribution in [1.82, 2.24) is 10.1 Å². The van der Waals surface area contributed by atoms with E-state index in [9.17, 15) is 0 Å². The van der Waals surface area contributed by atoms with Gasteiger partial charge in [0, 0.05) is 10.6 Å². The third-order valence-electron chi connectivity index (χ3n) is 3.17. The fourth-order valence-electron chi connectivity index (χ4n) is 2.11. The lowest BCUT2D eigenvalue weighted by Gasteiger charge is -2.22. The number of ether oxygens (including phenoxy) is 1. The molecule has 1 unspecified atom stereocenters. The van der Waals surface area contributed by atoms with E-state index in [1.54, 1.807) is 11.8 Å². The molecule has 6 heteroatoms. The lowest BCUT2D eigenvalue weighted by Crippen LogP contribution is -2.16. The van der Waals surface area contributed by atoms with Gasteiger partial charge >= 0.3 is 0 Å². The third kappa shape index (κ3) is 2.66. The van der Waals surface area contributed by atoms with E-state index < -0.39 is 0 Å². The Morgan fingerprint density at radius 3 is 3.15 bits per heavy atom. The Balaban J connectivity index is 1.75. The molecule has 1 aromatic carbocycles. The van der Waals surface area contributed by atoms with Crippen molar-refractivity contribution in [2.45, 2.75) is 36.8 Å². The molecule has 0 saturated heterocycles. The van der Waals surface area contributed by atoms with E-state index in [1.807, 2.05) is 18.2 Å². The number of fused-ring (bicyclic) bond motifs is 1. The summed E-state index contributed by atoms with van der Waals surface area (Å²) in [6.07, 6.45) is 1.65. The van der Waals surface area contributed by atoms with Crippen LogP contribution < -0.4 is 10.5 Å². The zero-order valence-corrected chi connectivity index (χ0v) is 12.1. The van der Waals surface area contributed by atoms with Crippen molar-refractivity contribution in [1.29, 1.82) is 0 Å². The first-order valence-corrected chi connectivity index (χ1v) is 7.74. The average Bonchev–Trinajstić information content (AvgIpc) is 2.97. The molecule has 2 heterocycles. The van der Waals surface area contributed by atoms with Crippen LogP contribution in [0.4, 0.5) is 0 Å². The normalized spacial score (nSPS) is 19.2. The van der Waals surface area contributed by atoms with Gasteiger partial charge in [-0.05, 0) is 18.6 Å². The molecule has 0 fully saturated rings. The molecule has 2 N–H and O–H groups in total. The van der Waals surface area contributed by atoms with Gasteiger partial charge in [-0.3, -0.25) is 0 Å². The molecule has 0 spiro atoms. The lowest BCUT2D eigenvalue weighted by molar-refractivity contribution is 0.205. The van der Waals surface area contributed by atoms with Gasteiger partial charge in [-0.2, -0.15) is 4.98 Å². The standard InChI is InChI=1S/C14H17N3O2S/c1-2-5-9(15)14-16-13(17-19-14)11-8-20-12-7-4-3-6-10(12)18-11/h3-4,6-7,9,11H,2,5,8,15H2,1H3/t9-,11?/m0/s1. The maximum atomic E-state index is 5.98. The van der Waals surface area contributed by atoms with E-state index in [2.05, 4.69) is 23.1 Å². The molecule has 1 aliphatic heterocycles. The molecule has 0 saturated carbocycles. The van der Waals surface area contributed by atoms with Gasteiger partial charge in [0.1, 0.15) is 5.75 Å². The molecule has 2 aromatic rings. The number of thioether (sulfide) groups is 1. The molecule has 20 heavy (non-hydrogen) atoms. The van der Waals surface area contributed by atoms with Gasteiger partial charge in [0.2, 0.25) is 11.7 Å². The molecule has 0 radical (unpaired) electrons. The summed E-state index contributed by atoms with van der Waals surface area (Å²) in [6.45, 7) is 2.08. The zero-order valence-electron chi connectivity index (χ0n) is 11.3. The second kappa shape index (κ2) is 5.85. The first-order chi connectivity index (χ1) is 9.78. The number of rotatable bonds is 4. The van der Waals surface area contributed by atoms with Crippen molar-refractivity contribution < 1.29 is 9.26 Å². The largest absolute Gasteiger partial charge is 0.480 e. The van der Waals surface area contributed by atoms with Gasteiger partial charge in [-0.15, -0.1) is 11.8 Å². The van der Waals surface area contributed by atoms with Crippen LogP contribution in [0.1, 0.15) is 43.6 Å². The first kappa shape index (κ1) is 13.5. The molecule has 3 rings (SSSR count). The molecule has 106 valence electrons. The highest BCUT2D eigenvalue weighted by molar-refractivity contribution is 7.99. The summed E-state index contributed by atoms with van der Waals surface area (Å²) in [5.74, 6) is 2.72. The van der Waals surface area contributed by atoms with Gasteiger partial charge in [0.15, 0.2) is 6.10 Å². The molecular weight excluding hydrogens is 274 g/mol. The summed E-state index contributed by atoms with van der Waals surface area (Å²) in [5.41, 5.74) is 5.98. The lowest BCUT2D eigenvalue weighted by atomic mass is 10.2. The summed E-state index contributed by atoms with van der Waals surface area (Å²) in [7, 11) is 0. The van der Waals surface area contributed by atoms with Gasteiger partial charge in [-0.25, -0.2) is 0 Å². The van der Waals surface area contributed by atoms with E-state index >= 15 is 0 Å². The summed E-state index contributed by atoms with van der Waals surface area (Å²) in [4.78, 5) is 5.53. The number of nitrogens with two attached hydrogens (primary N) is 1. The summed E-state index contributed by atoms with van der Waals surface area (Å²) in [5, 5.41) is 4.01. The van der Waals surface area contributed by atoms with Crippen LogP contribution in [0.15, 0.2) is 33.7 Å². The van der Waals surface area contributed by atoms with Crippen LogP contribution in [0.3, 0.4) is 0 Å². The Hall–Kier alpha value is -1.53. The quantitative estimate of drug-likeness (QED) is 0.933. The Labute approximate surface area is 121 Å². The average molecular weight is 291 g/mol. The minimum Gasteiger partial charge on any atom is -0.480 e. The van der Waals surface area contributed by atoms with Crippen molar-refractivity contribution in [2.75, 3.05) is 5.75 Å². The number of nitrogens with zero attached hydrogens (tertiary/aromatic N) is 2. The fraction of sp³-hybridized carbons (Fsp3) is 0.429. The van der Waals surface area contributed by atoms with E-state index in [1.165, 1.54) is 0 Å². The smallest absolute Gasteiger partial charge is 0.243 e. The predicted octanol–water partition coefficient (Wildman–Crippen LogP) is 3.10. The minimum absolute atomic E-state index is 0.179. The van der Waals surface area contributed by atoms with Crippen LogP contribution >= 0.6 is 11.8 Å². The SMILES string of the molecule is CCC[C@H](N)c1nc(C2CSc3ccccc3O2)no1. The van der Waals surface area contributed by atoms with Crippen LogP contribution in [0.5, 0.6) is 5.75 Å². The zero-order chi connectivity index (χ0) is 13.9. The fourth-order valence-corrected chi connectivity index (χ4v) is 3.09. The van der Waals surface area contributed by atoms with Gasteiger partial charge in [0.05, 0.1) is 6.04 Å². The van der Waals surface area contributed by atoms with E-state index in [-0.39, 0.29) is 12.1 Å². The Bertz CT molecular complexity index is 587. The van der Waals surface area contributed by atoms with Crippen LogP contribution in [-0.2, 0) is 0 Å². The third-order valence-corrected chi connectivity index (χ3v) is 4.29. The molecule has 1 aliphatic rings. The Morgan fingerprint density at radius 2 is 2.30 bits per heavy atom. The van der Waals surface area contributed by atoms with E-state index in [0.29, 0.717) is 11.7 Å². The number of aromatic nitrogens is 2. The minimum atomic E-state index is -0.190. The second-order valence-corrected chi connectivity index (χ2v) is 5.81. The summed E-state index contributed by atoms with van der Waals surface area (Å²) < 4.78 is 11.2. The van der Waals surface area contributed by atoms with E-state index in [4.69, 9.17) is 15.0 Å². The summed E-state index contributed by atoms with van der Waals surface area (Å²) in [6, 6.07) is 7.78. The van der Waals surface area contributed by atoms with Crippen molar-refractivity contribution in [3.05, 3.63) is 36.0 Å². The molecule has 2 atom stereocenters. The molecule has 1 aromatic heterocycles. The number of hydrogen-bond acceptors (Lipinski definition) is 6. The first-order valence-electron chi connectivity index (χ1n) is 6.75. The molecule has 0 amide bonds. The maximum Gasteiger partial charge on any atom is 0.243 e. The molecule has 5 nitrogen and oxygen atoms in total. The highest BCUT2D eigenvalue weighted by atomic mass is 32.2.